The Balaban J connectivity index is 0. The minimum absolute atomic E-state index is 0. The van der Waals surface area contributed by atoms with E-state index in [0.29, 0.717) is 0 Å². The molecule has 2 aliphatic rings. The molecule has 100 valence electrons. The smallest absolute Gasteiger partial charge is 0.693 e. The second kappa shape index (κ2) is 8.93. The zero-order valence-corrected chi connectivity index (χ0v) is 14.9. The molecular formula is C8H22ClLiN6Si2. The van der Waals surface area contributed by atoms with Crippen LogP contribution in [-0.4, -0.2) is 64.2 Å². The fourth-order valence-electron chi connectivity index (χ4n) is 1.31. The molecule has 0 saturated heterocycles. The summed E-state index contributed by atoms with van der Waals surface area (Å²) in [6.07, 6.45) is 8.03. The monoisotopic (exact) mass is 300 g/mol. The average Bonchev–Trinajstić information content (AvgIpc) is 2.70. The van der Waals surface area contributed by atoms with Crippen molar-refractivity contribution in [2.75, 3.05) is 28.2 Å². The van der Waals surface area contributed by atoms with Crippen molar-refractivity contribution in [3.8, 4) is 0 Å². The summed E-state index contributed by atoms with van der Waals surface area (Å²) in [7, 11) is 5.64. The second-order valence-electron chi connectivity index (χ2n) is 3.98. The summed E-state index contributed by atoms with van der Waals surface area (Å²) >= 11 is 5.94. The standard InChI is InChI=1S/C4H9ClN2Si.C4H11N3Si.Li.H2N/c2*1-6-3-4-7(2)8(6)5;;/h3-4,8H,1-2H3;3-4,8H,5H2,1-2H3;;1H2/q;;+1;-1. The summed E-state index contributed by atoms with van der Waals surface area (Å²) in [5, 5.41) is 5.75. The van der Waals surface area contributed by atoms with E-state index in [1.807, 2.05) is 53.0 Å². The van der Waals surface area contributed by atoms with Crippen molar-refractivity contribution in [1.29, 1.82) is 0 Å². The summed E-state index contributed by atoms with van der Waals surface area (Å²) < 4.78 is 8.31. The van der Waals surface area contributed by atoms with Gasteiger partial charge in [0.05, 0.1) is 0 Å². The first kappa shape index (κ1) is 20.2. The number of hydrogen-bond acceptors (Lipinski definition) is 5. The van der Waals surface area contributed by atoms with Gasteiger partial charge < -0.3 is 29.8 Å². The molecule has 0 atom stereocenters. The molecule has 0 amide bonds. The summed E-state index contributed by atoms with van der Waals surface area (Å²) in [5.41, 5.74) is 0. The van der Waals surface area contributed by atoms with Crippen LogP contribution in [0.15, 0.2) is 24.8 Å². The Kier molecular flexibility index (Phi) is 10.0. The van der Waals surface area contributed by atoms with Gasteiger partial charge in [0.15, 0.2) is 0 Å². The summed E-state index contributed by atoms with van der Waals surface area (Å²) in [4.78, 5) is 0. The van der Waals surface area contributed by atoms with Crippen LogP contribution in [0.25, 0.3) is 6.15 Å². The third-order valence-electron chi connectivity index (χ3n) is 2.58. The minimum atomic E-state index is -1.21. The molecule has 10 heteroatoms. The summed E-state index contributed by atoms with van der Waals surface area (Å²) in [6, 6.07) is 0. The summed E-state index contributed by atoms with van der Waals surface area (Å²) in [5.74, 6) is 0. The van der Waals surface area contributed by atoms with Gasteiger partial charge in [-0.25, -0.2) is 0 Å². The largest absolute Gasteiger partial charge is 1.00 e. The second-order valence-corrected chi connectivity index (χ2v) is 9.86. The molecule has 2 rings (SSSR count). The molecule has 4 N–H and O–H groups in total. The molecule has 18 heavy (non-hydrogen) atoms. The predicted molar refractivity (Wildman–Crippen MR) is 79.0 cm³/mol. The first-order chi connectivity index (χ1) is 7.43. The van der Waals surface area contributed by atoms with Crippen LogP contribution >= 0.6 is 11.1 Å². The third-order valence-corrected chi connectivity index (χ3v) is 8.13. The Hall–Kier alpha value is -0.0788. The van der Waals surface area contributed by atoms with Crippen LogP contribution in [0.1, 0.15) is 0 Å². The Bertz CT molecular complexity index is 243. The molecule has 2 aliphatic heterocycles. The molecule has 0 aliphatic carbocycles. The number of nitrogens with zero attached hydrogens (tertiary/aromatic N) is 4. The Morgan fingerprint density at radius 1 is 0.833 bits per heavy atom. The quantitative estimate of drug-likeness (QED) is 0.382. The van der Waals surface area contributed by atoms with Crippen LogP contribution in [-0.2, 0) is 0 Å². The van der Waals surface area contributed by atoms with Crippen LogP contribution in [0.3, 0.4) is 0 Å². The topological polar surface area (TPSA) is 72.5 Å². The van der Waals surface area contributed by atoms with Crippen molar-refractivity contribution >= 4 is 28.8 Å². The molecule has 0 aromatic heterocycles. The fourth-order valence-corrected chi connectivity index (χ4v) is 3.80. The Labute approximate surface area is 130 Å². The van der Waals surface area contributed by atoms with Crippen molar-refractivity contribution in [2.45, 2.75) is 0 Å². The Morgan fingerprint density at radius 2 is 1.11 bits per heavy atom. The van der Waals surface area contributed by atoms with Gasteiger partial charge in [0.1, 0.15) is 0 Å². The van der Waals surface area contributed by atoms with Crippen LogP contribution in [0.5, 0.6) is 0 Å². The zero-order valence-electron chi connectivity index (χ0n) is 11.8. The molecule has 0 radical (unpaired) electrons. The van der Waals surface area contributed by atoms with E-state index in [0.717, 1.165) is 0 Å². The van der Waals surface area contributed by atoms with E-state index in [1.165, 1.54) is 0 Å². The van der Waals surface area contributed by atoms with Crippen LogP contribution in [0, 0.1) is 0 Å². The van der Waals surface area contributed by atoms with E-state index in [-0.39, 0.29) is 25.0 Å². The van der Waals surface area contributed by atoms with Crippen LogP contribution < -0.4 is 24.3 Å². The van der Waals surface area contributed by atoms with Crippen molar-refractivity contribution < 1.29 is 18.9 Å². The van der Waals surface area contributed by atoms with Crippen LogP contribution in [0.4, 0.5) is 0 Å². The van der Waals surface area contributed by atoms with Crippen LogP contribution in [0.2, 0.25) is 0 Å². The third kappa shape index (κ3) is 5.28. The molecule has 2 heterocycles. The molecule has 0 aromatic rings. The molecule has 6 nitrogen and oxygen atoms in total. The predicted octanol–water partition coefficient (Wildman–Crippen LogP) is -2.98. The van der Waals surface area contributed by atoms with Gasteiger partial charge >= 0.3 is 36.6 Å². The van der Waals surface area contributed by atoms with E-state index in [9.17, 15) is 0 Å². The van der Waals surface area contributed by atoms with Gasteiger partial charge in [0.25, 0.3) is 0 Å². The summed E-state index contributed by atoms with van der Waals surface area (Å²) in [6.45, 7) is 0. The first-order valence-electron chi connectivity index (χ1n) is 5.07. The average molecular weight is 301 g/mol. The van der Waals surface area contributed by atoms with E-state index in [2.05, 4.69) is 18.3 Å². The molecule has 0 spiro atoms. The number of nitrogens with two attached hydrogens (primary N) is 2. The molecule has 0 fully saturated rings. The molecule has 0 saturated carbocycles. The molecule has 0 aromatic carbocycles. The SMILES string of the molecule is CN1C=CN(C)[SiH]1Cl.CN1C=CN(C)[SiH]1N.[Li+].[NH2-]. The van der Waals surface area contributed by atoms with Crippen molar-refractivity contribution in [2.24, 2.45) is 5.40 Å². The van der Waals surface area contributed by atoms with Crippen molar-refractivity contribution in [3.05, 3.63) is 31.0 Å². The van der Waals surface area contributed by atoms with Crippen molar-refractivity contribution in [1.82, 2.24) is 18.3 Å². The molecule has 0 bridgehead atoms. The van der Waals surface area contributed by atoms with Gasteiger partial charge in [-0.05, 0) is 28.2 Å². The fraction of sp³-hybridized carbons (Fsp3) is 0.500. The Morgan fingerprint density at radius 3 is 1.22 bits per heavy atom. The minimum Gasteiger partial charge on any atom is -0.693 e. The number of halogens is 1. The molecular weight excluding hydrogens is 279 g/mol. The van der Waals surface area contributed by atoms with E-state index in [4.69, 9.17) is 16.5 Å². The maximum Gasteiger partial charge on any atom is 1.00 e. The van der Waals surface area contributed by atoms with Gasteiger partial charge in [-0.3, -0.25) is 0 Å². The first-order valence-corrected chi connectivity index (χ1v) is 9.55. The zero-order chi connectivity index (χ0) is 12.3. The number of rotatable bonds is 0. The van der Waals surface area contributed by atoms with Gasteiger partial charge in [-0.2, -0.15) is 0 Å². The van der Waals surface area contributed by atoms with Gasteiger partial charge in [0, 0.05) is 24.8 Å². The van der Waals surface area contributed by atoms with Crippen molar-refractivity contribution in [3.63, 3.8) is 0 Å². The maximum atomic E-state index is 5.94. The van der Waals surface area contributed by atoms with E-state index >= 15 is 0 Å². The van der Waals surface area contributed by atoms with Gasteiger partial charge in [-0.15, -0.1) is 11.1 Å². The van der Waals surface area contributed by atoms with Gasteiger partial charge in [-0.1, -0.05) is 0 Å². The normalized spacial score (nSPS) is 18.6. The van der Waals surface area contributed by atoms with Gasteiger partial charge in [0.2, 0.25) is 0 Å². The molecule has 0 unspecified atom stereocenters. The maximum absolute atomic E-state index is 5.94. The number of hydrogen-bond donors (Lipinski definition) is 1. The van der Waals surface area contributed by atoms with E-state index in [1.54, 1.807) is 0 Å². The van der Waals surface area contributed by atoms with E-state index < -0.39 is 17.7 Å².